The van der Waals surface area contributed by atoms with E-state index in [0.29, 0.717) is 37.6 Å². The second-order valence-corrected chi connectivity index (χ2v) is 7.64. The van der Waals surface area contributed by atoms with Crippen LogP contribution in [0.5, 0.6) is 5.75 Å². The molecule has 3 aromatic rings. The van der Waals surface area contributed by atoms with E-state index < -0.39 is 29.3 Å². The molecule has 6 nitrogen and oxygen atoms in total. The van der Waals surface area contributed by atoms with Crippen molar-refractivity contribution in [2.75, 3.05) is 16.8 Å². The topological polar surface area (TPSA) is 74.2 Å². The van der Waals surface area contributed by atoms with E-state index in [0.717, 1.165) is 17.3 Å². The molecule has 32 heavy (non-hydrogen) atoms. The molecule has 1 aliphatic heterocycles. The largest absolute Gasteiger partial charge is 0.508 e. The number of nitrogens with one attached hydrogen (secondary N) is 1. The summed E-state index contributed by atoms with van der Waals surface area (Å²) in [4.78, 5) is 13.9. The third-order valence-electron chi connectivity index (χ3n) is 5.45. The van der Waals surface area contributed by atoms with Crippen molar-refractivity contribution >= 4 is 11.6 Å². The maximum atomic E-state index is 15.2. The molecule has 10 heteroatoms. The van der Waals surface area contributed by atoms with Crippen molar-refractivity contribution in [1.29, 1.82) is 0 Å². The zero-order valence-electron chi connectivity index (χ0n) is 17.2. The summed E-state index contributed by atoms with van der Waals surface area (Å²) in [5.74, 6) is -1.09. The summed E-state index contributed by atoms with van der Waals surface area (Å²) in [7, 11) is 0. The van der Waals surface area contributed by atoms with Gasteiger partial charge < -0.3 is 15.3 Å². The molecular formula is C22H21F4N5O. The van der Waals surface area contributed by atoms with Gasteiger partial charge in [-0.05, 0) is 43.5 Å². The van der Waals surface area contributed by atoms with Crippen LogP contribution >= 0.6 is 0 Å². The van der Waals surface area contributed by atoms with E-state index in [1.165, 1.54) is 12.4 Å². The summed E-state index contributed by atoms with van der Waals surface area (Å²) < 4.78 is 54.0. The summed E-state index contributed by atoms with van der Waals surface area (Å²) in [6.07, 6.45) is -0.424. The lowest BCUT2D eigenvalue weighted by molar-refractivity contribution is -0.137. The van der Waals surface area contributed by atoms with Gasteiger partial charge in [-0.1, -0.05) is 12.1 Å². The van der Waals surface area contributed by atoms with Gasteiger partial charge in [0.25, 0.3) is 0 Å². The lowest BCUT2D eigenvalue weighted by Gasteiger charge is -2.27. The van der Waals surface area contributed by atoms with Crippen LogP contribution in [-0.2, 0) is 12.7 Å². The summed E-state index contributed by atoms with van der Waals surface area (Å²) >= 11 is 0. The summed E-state index contributed by atoms with van der Waals surface area (Å²) in [6.45, 7) is 2.62. The van der Waals surface area contributed by atoms with Gasteiger partial charge in [0.2, 0.25) is 5.82 Å². The Morgan fingerprint density at radius 3 is 2.66 bits per heavy atom. The first-order chi connectivity index (χ1) is 15.2. The highest BCUT2D eigenvalue weighted by molar-refractivity contribution is 5.54. The third-order valence-corrected chi connectivity index (χ3v) is 5.45. The van der Waals surface area contributed by atoms with Gasteiger partial charge in [0.1, 0.15) is 12.1 Å². The Kier molecular flexibility index (Phi) is 5.86. The average molecular weight is 447 g/mol. The standard InChI is InChI=1S/C22H21F4N5O/c1-13-4-5-14(10-27-13)11-28-20-19(23)21(30-12-29-20)31-8-2-3-17(31)16-7-6-15(9-18(16)32)22(24,25)26/h4-7,9-10,12,17,32H,2-3,8,11H2,1H3,(H,28,29,30). The molecule has 0 saturated carbocycles. The number of nitrogens with zero attached hydrogens (tertiary/aromatic N) is 4. The van der Waals surface area contributed by atoms with Gasteiger partial charge in [0.05, 0.1) is 11.6 Å². The fourth-order valence-electron chi connectivity index (χ4n) is 3.82. The predicted molar refractivity (Wildman–Crippen MR) is 111 cm³/mol. The van der Waals surface area contributed by atoms with Crippen LogP contribution in [-0.4, -0.2) is 26.6 Å². The second kappa shape index (κ2) is 8.60. The normalized spacial score (nSPS) is 16.4. The molecule has 2 aromatic heterocycles. The van der Waals surface area contributed by atoms with Crippen molar-refractivity contribution in [3.8, 4) is 5.75 Å². The third kappa shape index (κ3) is 4.44. The zero-order valence-corrected chi connectivity index (χ0v) is 17.2. The molecule has 0 aliphatic carbocycles. The fourth-order valence-corrected chi connectivity index (χ4v) is 3.82. The molecule has 1 saturated heterocycles. The number of hydrogen-bond acceptors (Lipinski definition) is 6. The van der Waals surface area contributed by atoms with Crippen LogP contribution in [0.3, 0.4) is 0 Å². The van der Waals surface area contributed by atoms with Crippen molar-refractivity contribution in [1.82, 2.24) is 15.0 Å². The minimum absolute atomic E-state index is 0.0119. The number of phenols is 1. The van der Waals surface area contributed by atoms with Crippen molar-refractivity contribution in [3.05, 3.63) is 71.1 Å². The van der Waals surface area contributed by atoms with E-state index in [4.69, 9.17) is 0 Å². The van der Waals surface area contributed by atoms with Gasteiger partial charge in [-0.25, -0.2) is 9.97 Å². The first-order valence-electron chi connectivity index (χ1n) is 10.1. The van der Waals surface area contributed by atoms with E-state index in [1.54, 1.807) is 11.1 Å². The molecule has 168 valence electrons. The zero-order chi connectivity index (χ0) is 22.9. The van der Waals surface area contributed by atoms with E-state index >= 15 is 4.39 Å². The Morgan fingerprint density at radius 1 is 1.16 bits per heavy atom. The molecule has 1 aliphatic rings. The van der Waals surface area contributed by atoms with Crippen LogP contribution < -0.4 is 10.2 Å². The maximum Gasteiger partial charge on any atom is 0.416 e. The lowest BCUT2D eigenvalue weighted by Crippen LogP contribution is -2.25. The fraction of sp³-hybridized carbons (Fsp3) is 0.318. The number of anilines is 2. The molecule has 0 spiro atoms. The average Bonchev–Trinajstić information content (AvgIpc) is 3.23. The number of rotatable bonds is 5. The first-order valence-corrected chi connectivity index (χ1v) is 10.1. The van der Waals surface area contributed by atoms with Crippen LogP contribution in [0.15, 0.2) is 42.9 Å². The quantitative estimate of drug-likeness (QED) is 0.537. The number of pyridine rings is 1. The molecule has 1 fully saturated rings. The number of benzene rings is 1. The minimum Gasteiger partial charge on any atom is -0.508 e. The summed E-state index contributed by atoms with van der Waals surface area (Å²) in [6, 6.07) is 6.08. The first kappa shape index (κ1) is 21.8. The Hall–Kier alpha value is -3.43. The monoisotopic (exact) mass is 447 g/mol. The highest BCUT2D eigenvalue weighted by Gasteiger charge is 2.35. The van der Waals surface area contributed by atoms with E-state index in [2.05, 4.69) is 20.3 Å². The number of aromatic nitrogens is 3. The van der Waals surface area contributed by atoms with Gasteiger partial charge in [0.15, 0.2) is 11.6 Å². The Bertz CT molecular complexity index is 1100. The summed E-state index contributed by atoms with van der Waals surface area (Å²) in [5.41, 5.74) is 1.09. The van der Waals surface area contributed by atoms with Crippen LogP contribution in [0.2, 0.25) is 0 Å². The smallest absolute Gasteiger partial charge is 0.416 e. The predicted octanol–water partition coefficient (Wildman–Crippen LogP) is 5.00. The molecule has 4 rings (SSSR count). The van der Waals surface area contributed by atoms with E-state index in [1.807, 2.05) is 19.1 Å². The van der Waals surface area contributed by atoms with Gasteiger partial charge in [0, 0.05) is 30.5 Å². The van der Waals surface area contributed by atoms with Crippen molar-refractivity contribution in [2.24, 2.45) is 0 Å². The van der Waals surface area contributed by atoms with Crippen LogP contribution in [0.25, 0.3) is 0 Å². The van der Waals surface area contributed by atoms with Crippen LogP contribution in [0.4, 0.5) is 29.2 Å². The highest BCUT2D eigenvalue weighted by atomic mass is 19.4. The van der Waals surface area contributed by atoms with Gasteiger partial charge in [-0.15, -0.1) is 0 Å². The molecule has 0 amide bonds. The number of phenolic OH excluding ortho intramolecular Hbond substituents is 1. The number of aryl methyl sites for hydroxylation is 1. The number of halogens is 4. The summed E-state index contributed by atoms with van der Waals surface area (Å²) in [5, 5.41) is 13.2. The van der Waals surface area contributed by atoms with Crippen LogP contribution in [0, 0.1) is 12.7 Å². The number of hydrogen-bond donors (Lipinski definition) is 2. The minimum atomic E-state index is -4.56. The van der Waals surface area contributed by atoms with Crippen molar-refractivity contribution in [2.45, 2.75) is 38.5 Å². The second-order valence-electron chi connectivity index (χ2n) is 7.64. The molecular weight excluding hydrogens is 426 g/mol. The lowest BCUT2D eigenvalue weighted by atomic mass is 10.0. The molecule has 1 aromatic carbocycles. The molecule has 2 N–H and O–H groups in total. The van der Waals surface area contributed by atoms with Gasteiger partial charge >= 0.3 is 6.18 Å². The molecule has 1 atom stereocenters. The molecule has 1 unspecified atom stereocenters. The van der Waals surface area contributed by atoms with E-state index in [9.17, 15) is 18.3 Å². The number of alkyl halides is 3. The molecule has 3 heterocycles. The van der Waals surface area contributed by atoms with Gasteiger partial charge in [-0.2, -0.15) is 17.6 Å². The van der Waals surface area contributed by atoms with Gasteiger partial charge in [-0.3, -0.25) is 4.98 Å². The number of aromatic hydroxyl groups is 1. The van der Waals surface area contributed by atoms with E-state index in [-0.39, 0.29) is 11.6 Å². The Balaban J connectivity index is 1.58. The van der Waals surface area contributed by atoms with Crippen LogP contribution in [0.1, 0.15) is 41.3 Å². The van der Waals surface area contributed by atoms with Crippen molar-refractivity contribution in [3.63, 3.8) is 0 Å². The highest BCUT2D eigenvalue weighted by Crippen LogP contribution is 2.42. The van der Waals surface area contributed by atoms with Crippen molar-refractivity contribution < 1.29 is 22.7 Å². The maximum absolute atomic E-state index is 15.2. The SMILES string of the molecule is Cc1ccc(CNc2ncnc(N3CCCC3c3ccc(C(F)(F)F)cc3O)c2F)cn1. The Morgan fingerprint density at radius 2 is 1.97 bits per heavy atom. The molecule has 0 radical (unpaired) electrons. The Labute approximate surface area is 182 Å². The molecule has 0 bridgehead atoms.